The van der Waals surface area contributed by atoms with Gasteiger partial charge in [-0.05, 0) is 36.2 Å². The molecule has 1 nitrogen and oxygen atoms in total. The minimum Gasteiger partial charge on any atom is -0.377 e. The average molecular weight is 296 g/mol. The van der Waals surface area contributed by atoms with E-state index >= 15 is 0 Å². The summed E-state index contributed by atoms with van der Waals surface area (Å²) in [6.07, 6.45) is 0.626. The highest BCUT2D eigenvalue weighted by Gasteiger charge is 2.26. The van der Waals surface area contributed by atoms with E-state index in [2.05, 4.69) is 5.32 Å². The fourth-order valence-corrected chi connectivity index (χ4v) is 2.81. The molecule has 1 aliphatic rings. The quantitative estimate of drug-likeness (QED) is 0.767. The first-order chi connectivity index (χ1) is 9.06. The molecule has 98 valence electrons. The molecule has 0 spiro atoms. The second-order valence-corrected chi connectivity index (χ2v) is 5.61. The molecule has 0 saturated carbocycles. The van der Waals surface area contributed by atoms with Gasteiger partial charge in [-0.3, -0.25) is 0 Å². The van der Waals surface area contributed by atoms with Crippen LogP contribution in [0.5, 0.6) is 0 Å². The van der Waals surface area contributed by atoms with Crippen LogP contribution >= 0.6 is 23.2 Å². The zero-order chi connectivity index (χ0) is 13.6. The van der Waals surface area contributed by atoms with Gasteiger partial charge in [-0.1, -0.05) is 35.3 Å². The van der Waals surface area contributed by atoms with E-state index in [1.807, 2.05) is 19.1 Å². The van der Waals surface area contributed by atoms with Crippen molar-refractivity contribution in [3.63, 3.8) is 0 Å². The maximum absolute atomic E-state index is 13.8. The third kappa shape index (κ3) is 2.19. The third-order valence-corrected chi connectivity index (χ3v) is 4.28. The number of benzene rings is 2. The predicted molar refractivity (Wildman–Crippen MR) is 77.7 cm³/mol. The zero-order valence-electron chi connectivity index (χ0n) is 10.3. The van der Waals surface area contributed by atoms with Crippen LogP contribution in [0.4, 0.5) is 10.1 Å². The molecule has 0 saturated heterocycles. The number of anilines is 1. The summed E-state index contributed by atoms with van der Waals surface area (Å²) in [6, 6.07) is 8.88. The highest BCUT2D eigenvalue weighted by Crippen LogP contribution is 2.39. The van der Waals surface area contributed by atoms with Crippen LogP contribution in [0.15, 0.2) is 30.3 Å². The van der Waals surface area contributed by atoms with Gasteiger partial charge in [0.25, 0.3) is 0 Å². The molecule has 2 aromatic rings. The van der Waals surface area contributed by atoms with Gasteiger partial charge in [-0.2, -0.15) is 0 Å². The number of aryl methyl sites for hydroxylation is 1. The van der Waals surface area contributed by atoms with Crippen LogP contribution in [0.25, 0.3) is 0 Å². The van der Waals surface area contributed by atoms with Crippen LogP contribution in [0.3, 0.4) is 0 Å². The molecule has 0 amide bonds. The number of hydrogen-bond donors (Lipinski definition) is 1. The van der Waals surface area contributed by atoms with Gasteiger partial charge in [-0.15, -0.1) is 0 Å². The fraction of sp³-hybridized carbons (Fsp3) is 0.200. The van der Waals surface area contributed by atoms with Gasteiger partial charge < -0.3 is 5.32 Å². The highest BCUT2D eigenvalue weighted by atomic mass is 35.5. The Hall–Kier alpha value is -1.25. The van der Waals surface area contributed by atoms with Crippen LogP contribution in [-0.2, 0) is 6.42 Å². The average Bonchev–Trinajstić information content (AvgIpc) is 2.83. The molecule has 3 rings (SSSR count). The Labute approximate surface area is 121 Å². The van der Waals surface area contributed by atoms with E-state index in [0.717, 1.165) is 22.4 Å². The molecule has 19 heavy (non-hydrogen) atoms. The van der Waals surface area contributed by atoms with Crippen molar-refractivity contribution in [1.82, 2.24) is 0 Å². The molecule has 0 bridgehead atoms. The molecule has 0 aromatic heterocycles. The van der Waals surface area contributed by atoms with Crippen molar-refractivity contribution < 1.29 is 4.39 Å². The first-order valence-electron chi connectivity index (χ1n) is 6.05. The lowest BCUT2D eigenvalue weighted by Gasteiger charge is -2.13. The highest BCUT2D eigenvalue weighted by molar-refractivity contribution is 6.42. The second-order valence-electron chi connectivity index (χ2n) is 4.79. The molecule has 0 fully saturated rings. The Bertz CT molecular complexity index is 624. The van der Waals surface area contributed by atoms with Crippen LogP contribution in [-0.4, -0.2) is 0 Å². The molecule has 1 aliphatic heterocycles. The molecular weight excluding hydrogens is 284 g/mol. The first-order valence-corrected chi connectivity index (χ1v) is 6.81. The Balaban J connectivity index is 1.97. The number of nitrogens with one attached hydrogen (secondary N) is 1. The molecule has 1 unspecified atom stereocenters. The van der Waals surface area contributed by atoms with Crippen LogP contribution < -0.4 is 5.32 Å². The fourth-order valence-electron chi connectivity index (χ4n) is 2.50. The Morgan fingerprint density at radius 3 is 2.63 bits per heavy atom. The summed E-state index contributed by atoms with van der Waals surface area (Å²) in [7, 11) is 0. The van der Waals surface area contributed by atoms with Crippen molar-refractivity contribution in [2.75, 3.05) is 5.32 Å². The third-order valence-electron chi connectivity index (χ3n) is 3.54. The summed E-state index contributed by atoms with van der Waals surface area (Å²) in [6.45, 7) is 1.97. The van der Waals surface area contributed by atoms with Crippen molar-refractivity contribution in [3.05, 3.63) is 62.9 Å². The molecule has 0 aliphatic carbocycles. The Morgan fingerprint density at radius 2 is 1.95 bits per heavy atom. The lowest BCUT2D eigenvalue weighted by Crippen LogP contribution is -2.05. The molecular formula is C15H12Cl2FN. The normalized spacial score (nSPS) is 17.2. The first kappa shape index (κ1) is 12.8. The lowest BCUT2D eigenvalue weighted by molar-refractivity contribution is 0.610. The summed E-state index contributed by atoms with van der Waals surface area (Å²) in [4.78, 5) is 0. The minimum atomic E-state index is -0.157. The van der Waals surface area contributed by atoms with Gasteiger partial charge in [0.15, 0.2) is 0 Å². The van der Waals surface area contributed by atoms with Gasteiger partial charge in [0.2, 0.25) is 0 Å². The minimum absolute atomic E-state index is 0.0420. The van der Waals surface area contributed by atoms with E-state index < -0.39 is 0 Å². The van der Waals surface area contributed by atoms with Crippen molar-refractivity contribution in [1.29, 1.82) is 0 Å². The van der Waals surface area contributed by atoms with E-state index in [0.29, 0.717) is 16.5 Å². The zero-order valence-corrected chi connectivity index (χ0v) is 11.8. The van der Waals surface area contributed by atoms with E-state index in [4.69, 9.17) is 23.2 Å². The van der Waals surface area contributed by atoms with E-state index in [1.165, 1.54) is 6.07 Å². The van der Waals surface area contributed by atoms with Crippen molar-refractivity contribution in [3.8, 4) is 0 Å². The number of fused-ring (bicyclic) bond motifs is 1. The van der Waals surface area contributed by atoms with E-state index in [9.17, 15) is 4.39 Å². The van der Waals surface area contributed by atoms with Crippen LogP contribution in [0.2, 0.25) is 10.0 Å². The maximum Gasteiger partial charge on any atom is 0.128 e. The molecule has 1 atom stereocenters. The molecule has 4 heteroatoms. The standard InChI is InChI=1S/C15H12Cl2FN/c1-8-2-5-13(18)10-7-14(19-15(8)10)9-3-4-11(16)12(17)6-9/h2-6,14,19H,7H2,1H3. The Kier molecular flexibility index (Phi) is 3.15. The summed E-state index contributed by atoms with van der Waals surface area (Å²) in [5, 5.41) is 4.42. The van der Waals surface area contributed by atoms with Crippen LogP contribution in [0.1, 0.15) is 22.7 Å². The van der Waals surface area contributed by atoms with E-state index in [1.54, 1.807) is 12.1 Å². The van der Waals surface area contributed by atoms with Crippen molar-refractivity contribution in [2.45, 2.75) is 19.4 Å². The second kappa shape index (κ2) is 4.69. The number of rotatable bonds is 1. The predicted octanol–water partition coefficient (Wildman–Crippen LogP) is 5.15. The van der Waals surface area contributed by atoms with Gasteiger partial charge in [0.05, 0.1) is 16.1 Å². The van der Waals surface area contributed by atoms with Gasteiger partial charge in [0.1, 0.15) is 5.82 Å². The van der Waals surface area contributed by atoms with Gasteiger partial charge >= 0.3 is 0 Å². The SMILES string of the molecule is Cc1ccc(F)c2c1NC(c1ccc(Cl)c(Cl)c1)C2. The smallest absolute Gasteiger partial charge is 0.128 e. The van der Waals surface area contributed by atoms with Gasteiger partial charge in [0, 0.05) is 17.7 Å². The van der Waals surface area contributed by atoms with Gasteiger partial charge in [-0.25, -0.2) is 4.39 Å². The number of halogens is 3. The molecule has 1 heterocycles. The molecule has 0 radical (unpaired) electrons. The topological polar surface area (TPSA) is 12.0 Å². The summed E-state index contributed by atoms with van der Waals surface area (Å²) in [5.41, 5.74) is 3.72. The Morgan fingerprint density at radius 1 is 1.16 bits per heavy atom. The van der Waals surface area contributed by atoms with E-state index in [-0.39, 0.29) is 11.9 Å². The monoisotopic (exact) mass is 295 g/mol. The molecule has 1 N–H and O–H groups in total. The molecule has 2 aromatic carbocycles. The lowest BCUT2D eigenvalue weighted by atomic mass is 10.0. The van der Waals surface area contributed by atoms with Crippen molar-refractivity contribution in [2.24, 2.45) is 0 Å². The maximum atomic E-state index is 13.8. The summed E-state index contributed by atoms with van der Waals surface area (Å²) < 4.78 is 13.8. The largest absolute Gasteiger partial charge is 0.377 e. The summed E-state index contributed by atoms with van der Waals surface area (Å²) >= 11 is 11.9. The summed E-state index contributed by atoms with van der Waals surface area (Å²) in [5.74, 6) is -0.157. The van der Waals surface area contributed by atoms with Crippen molar-refractivity contribution >= 4 is 28.9 Å². The van der Waals surface area contributed by atoms with Crippen LogP contribution in [0, 0.1) is 12.7 Å². The number of hydrogen-bond acceptors (Lipinski definition) is 1.